The van der Waals surface area contributed by atoms with E-state index in [2.05, 4.69) is 16.9 Å². The standard InChI is InChI=1S/C14H16FN5/c1-2-19-9-17-7-12(19)13-8-18-14(16)20(13)11-5-3-4-10(15)6-11/h3-7,9,13H,2,8H2,1H3,(H2,16,18). The molecule has 0 amide bonds. The predicted molar refractivity (Wildman–Crippen MR) is 76.0 cm³/mol. The number of nitrogens with zero attached hydrogens (tertiary/aromatic N) is 4. The van der Waals surface area contributed by atoms with E-state index in [1.54, 1.807) is 12.4 Å². The molecule has 0 saturated heterocycles. The lowest BCUT2D eigenvalue weighted by atomic mass is 10.1. The molecule has 1 aromatic heterocycles. The topological polar surface area (TPSA) is 59.4 Å². The van der Waals surface area contributed by atoms with Gasteiger partial charge in [-0.1, -0.05) is 6.07 Å². The summed E-state index contributed by atoms with van der Waals surface area (Å²) in [6.45, 7) is 3.42. The summed E-state index contributed by atoms with van der Waals surface area (Å²) in [4.78, 5) is 10.3. The van der Waals surface area contributed by atoms with Crippen molar-refractivity contribution in [3.63, 3.8) is 0 Å². The van der Waals surface area contributed by atoms with E-state index in [4.69, 9.17) is 5.73 Å². The Kier molecular flexibility index (Phi) is 3.14. The van der Waals surface area contributed by atoms with E-state index in [0.29, 0.717) is 18.2 Å². The van der Waals surface area contributed by atoms with Crippen LogP contribution in [0.2, 0.25) is 0 Å². The maximum absolute atomic E-state index is 13.4. The molecule has 0 radical (unpaired) electrons. The molecule has 1 aliphatic heterocycles. The molecule has 1 aliphatic rings. The van der Waals surface area contributed by atoms with Gasteiger partial charge in [0.1, 0.15) is 5.82 Å². The number of guanidine groups is 1. The lowest BCUT2D eigenvalue weighted by molar-refractivity contribution is 0.622. The van der Waals surface area contributed by atoms with Gasteiger partial charge in [0.2, 0.25) is 0 Å². The first-order chi connectivity index (χ1) is 9.70. The summed E-state index contributed by atoms with van der Waals surface area (Å²) >= 11 is 0. The normalized spacial score (nSPS) is 18.4. The molecular weight excluding hydrogens is 257 g/mol. The van der Waals surface area contributed by atoms with Crippen LogP contribution in [0.25, 0.3) is 0 Å². The maximum Gasteiger partial charge on any atom is 0.196 e. The van der Waals surface area contributed by atoms with E-state index >= 15 is 0 Å². The summed E-state index contributed by atoms with van der Waals surface area (Å²) in [7, 11) is 0. The lowest BCUT2D eigenvalue weighted by Gasteiger charge is -2.26. The Morgan fingerprint density at radius 2 is 2.30 bits per heavy atom. The summed E-state index contributed by atoms with van der Waals surface area (Å²) in [5, 5.41) is 0. The van der Waals surface area contributed by atoms with Crippen molar-refractivity contribution in [2.45, 2.75) is 19.5 Å². The summed E-state index contributed by atoms with van der Waals surface area (Å²) in [5.74, 6) is 0.120. The fraction of sp³-hybridized carbons (Fsp3) is 0.286. The van der Waals surface area contributed by atoms with E-state index < -0.39 is 0 Å². The van der Waals surface area contributed by atoms with Crippen molar-refractivity contribution in [1.82, 2.24) is 9.55 Å². The smallest absolute Gasteiger partial charge is 0.196 e. The highest BCUT2D eigenvalue weighted by atomic mass is 19.1. The van der Waals surface area contributed by atoms with Crippen molar-refractivity contribution in [3.8, 4) is 0 Å². The number of halogens is 1. The molecule has 104 valence electrons. The van der Waals surface area contributed by atoms with Crippen molar-refractivity contribution in [2.75, 3.05) is 11.4 Å². The quantitative estimate of drug-likeness (QED) is 0.929. The number of benzene rings is 1. The Labute approximate surface area is 116 Å². The number of hydrogen-bond acceptors (Lipinski definition) is 4. The average molecular weight is 273 g/mol. The monoisotopic (exact) mass is 273 g/mol. The van der Waals surface area contributed by atoms with Gasteiger partial charge in [-0.3, -0.25) is 4.99 Å². The predicted octanol–water partition coefficient (Wildman–Crippen LogP) is 1.92. The first kappa shape index (κ1) is 12.7. The minimum absolute atomic E-state index is 0.0424. The van der Waals surface area contributed by atoms with Gasteiger partial charge in [0, 0.05) is 12.2 Å². The molecule has 0 aliphatic carbocycles. The molecule has 2 aromatic rings. The minimum Gasteiger partial charge on any atom is -0.369 e. The Morgan fingerprint density at radius 3 is 3.05 bits per heavy atom. The summed E-state index contributed by atoms with van der Waals surface area (Å²) in [5.41, 5.74) is 7.71. The molecule has 0 saturated carbocycles. The molecule has 0 fully saturated rings. The molecule has 20 heavy (non-hydrogen) atoms. The van der Waals surface area contributed by atoms with E-state index in [0.717, 1.165) is 12.2 Å². The van der Waals surface area contributed by atoms with Crippen LogP contribution in [0.3, 0.4) is 0 Å². The van der Waals surface area contributed by atoms with Gasteiger partial charge >= 0.3 is 0 Å². The number of hydrogen-bond donors (Lipinski definition) is 1. The number of aryl methyl sites for hydroxylation is 1. The fourth-order valence-electron chi connectivity index (χ4n) is 2.53. The Bertz CT molecular complexity index is 649. The highest BCUT2D eigenvalue weighted by Gasteiger charge is 2.31. The van der Waals surface area contributed by atoms with Gasteiger partial charge in [0.25, 0.3) is 0 Å². The number of aromatic nitrogens is 2. The van der Waals surface area contributed by atoms with Crippen LogP contribution in [0, 0.1) is 5.82 Å². The zero-order valence-corrected chi connectivity index (χ0v) is 11.2. The van der Waals surface area contributed by atoms with Crippen LogP contribution in [0.15, 0.2) is 41.8 Å². The first-order valence-electron chi connectivity index (χ1n) is 6.55. The van der Waals surface area contributed by atoms with E-state index in [-0.39, 0.29) is 11.9 Å². The van der Waals surface area contributed by atoms with Crippen molar-refractivity contribution < 1.29 is 4.39 Å². The fourth-order valence-corrected chi connectivity index (χ4v) is 2.53. The largest absolute Gasteiger partial charge is 0.369 e. The molecule has 5 nitrogen and oxygen atoms in total. The van der Waals surface area contributed by atoms with E-state index in [1.807, 2.05) is 21.7 Å². The molecule has 1 atom stereocenters. The van der Waals surface area contributed by atoms with Crippen LogP contribution in [-0.4, -0.2) is 22.1 Å². The van der Waals surface area contributed by atoms with Crippen LogP contribution in [0.4, 0.5) is 10.1 Å². The van der Waals surface area contributed by atoms with Gasteiger partial charge in [-0.25, -0.2) is 9.37 Å². The Balaban J connectivity index is 2.01. The summed E-state index contributed by atoms with van der Waals surface area (Å²) < 4.78 is 15.5. The second kappa shape index (κ2) is 4.96. The van der Waals surface area contributed by atoms with Crippen LogP contribution in [0.5, 0.6) is 0 Å². The van der Waals surface area contributed by atoms with E-state index in [9.17, 15) is 4.39 Å². The number of aliphatic imine (C=N–C) groups is 1. The van der Waals surface area contributed by atoms with Crippen LogP contribution >= 0.6 is 0 Å². The average Bonchev–Trinajstić information content (AvgIpc) is 3.04. The van der Waals surface area contributed by atoms with Gasteiger partial charge in [0.15, 0.2) is 5.96 Å². The van der Waals surface area contributed by atoms with Crippen molar-refractivity contribution in [1.29, 1.82) is 0 Å². The number of imidazole rings is 1. The molecule has 2 N–H and O–H groups in total. The van der Waals surface area contributed by atoms with Gasteiger partial charge in [0.05, 0.1) is 30.8 Å². The van der Waals surface area contributed by atoms with Gasteiger partial charge < -0.3 is 15.2 Å². The van der Waals surface area contributed by atoms with Crippen molar-refractivity contribution in [2.24, 2.45) is 10.7 Å². The third-order valence-corrected chi connectivity index (χ3v) is 3.50. The van der Waals surface area contributed by atoms with E-state index in [1.165, 1.54) is 12.1 Å². The number of anilines is 1. The lowest BCUT2D eigenvalue weighted by Crippen LogP contribution is -2.36. The van der Waals surface area contributed by atoms with Crippen LogP contribution in [-0.2, 0) is 6.54 Å². The SMILES string of the molecule is CCn1cncc1C1CN=C(N)N1c1cccc(F)c1. The van der Waals surface area contributed by atoms with Gasteiger partial charge in [-0.05, 0) is 25.1 Å². The minimum atomic E-state index is -0.287. The van der Waals surface area contributed by atoms with Gasteiger partial charge in [-0.15, -0.1) is 0 Å². The van der Waals surface area contributed by atoms with Crippen molar-refractivity contribution >= 4 is 11.6 Å². The highest BCUT2D eigenvalue weighted by Crippen LogP contribution is 2.31. The first-order valence-corrected chi connectivity index (χ1v) is 6.55. The number of rotatable bonds is 3. The number of nitrogens with two attached hydrogens (primary N) is 1. The molecule has 2 heterocycles. The molecule has 0 bridgehead atoms. The van der Waals surface area contributed by atoms with Gasteiger partial charge in [-0.2, -0.15) is 0 Å². The Hall–Kier alpha value is -2.37. The molecule has 6 heteroatoms. The van der Waals surface area contributed by atoms with Crippen LogP contribution in [0.1, 0.15) is 18.7 Å². The third kappa shape index (κ3) is 2.03. The molecule has 3 rings (SSSR count). The second-order valence-electron chi connectivity index (χ2n) is 4.67. The Morgan fingerprint density at radius 1 is 1.45 bits per heavy atom. The zero-order chi connectivity index (χ0) is 14.1. The maximum atomic E-state index is 13.4. The third-order valence-electron chi connectivity index (χ3n) is 3.50. The second-order valence-corrected chi connectivity index (χ2v) is 4.67. The molecule has 1 aromatic carbocycles. The van der Waals surface area contributed by atoms with Crippen molar-refractivity contribution in [3.05, 3.63) is 48.3 Å². The summed E-state index contributed by atoms with van der Waals surface area (Å²) in [6.07, 6.45) is 3.60. The molecule has 1 unspecified atom stereocenters. The summed E-state index contributed by atoms with van der Waals surface area (Å²) in [6, 6.07) is 6.34. The highest BCUT2D eigenvalue weighted by molar-refractivity contribution is 5.97. The van der Waals surface area contributed by atoms with Crippen LogP contribution < -0.4 is 10.6 Å². The molecular formula is C14H16FN5. The zero-order valence-electron chi connectivity index (χ0n) is 11.2. The molecule has 0 spiro atoms.